The second kappa shape index (κ2) is 7.38. The third-order valence-corrected chi connectivity index (χ3v) is 3.71. The van der Waals surface area contributed by atoms with E-state index in [4.69, 9.17) is 0 Å². The van der Waals surface area contributed by atoms with Gasteiger partial charge in [-0.25, -0.2) is 4.98 Å². The number of carbonyl (C=O) groups is 1. The Hall–Kier alpha value is -3.83. The zero-order valence-corrected chi connectivity index (χ0v) is 14.4. The van der Waals surface area contributed by atoms with Gasteiger partial charge in [-0.1, -0.05) is 18.1 Å². The van der Waals surface area contributed by atoms with Crippen LogP contribution in [0, 0.1) is 30.1 Å². The van der Waals surface area contributed by atoms with Crippen molar-refractivity contribution in [2.45, 2.75) is 13.8 Å². The number of aromatic nitrogens is 1. The molecule has 0 atom stereocenters. The van der Waals surface area contributed by atoms with E-state index in [1.165, 1.54) is 0 Å². The molecule has 0 unspecified atom stereocenters. The molecule has 3 rings (SSSR count). The molecule has 5 heteroatoms. The van der Waals surface area contributed by atoms with Gasteiger partial charge in [0.2, 0.25) is 0 Å². The van der Waals surface area contributed by atoms with E-state index < -0.39 is 0 Å². The third kappa shape index (κ3) is 3.80. The maximum atomic E-state index is 11.6. The van der Waals surface area contributed by atoms with Crippen molar-refractivity contribution in [3.8, 4) is 17.9 Å². The molecule has 126 valence electrons. The van der Waals surface area contributed by atoms with Gasteiger partial charge in [-0.2, -0.15) is 5.26 Å². The summed E-state index contributed by atoms with van der Waals surface area (Å²) >= 11 is 0. The molecular weight excluding hydrogens is 324 g/mol. The van der Waals surface area contributed by atoms with Crippen LogP contribution in [-0.4, -0.2) is 10.9 Å². The summed E-state index contributed by atoms with van der Waals surface area (Å²) in [5, 5.41) is 16.1. The van der Waals surface area contributed by atoms with Crippen molar-refractivity contribution in [3.05, 3.63) is 59.7 Å². The monoisotopic (exact) mass is 340 g/mol. The number of anilines is 3. The molecule has 0 aliphatic rings. The van der Waals surface area contributed by atoms with E-state index in [9.17, 15) is 10.1 Å². The van der Waals surface area contributed by atoms with Gasteiger partial charge in [-0.3, -0.25) is 4.79 Å². The normalized spacial score (nSPS) is 9.73. The Morgan fingerprint density at radius 2 is 1.96 bits per heavy atom. The summed E-state index contributed by atoms with van der Waals surface area (Å²) < 4.78 is 0. The number of hydrogen-bond donors (Lipinski definition) is 2. The number of nitriles is 1. The molecule has 0 bridgehead atoms. The predicted octanol–water partition coefficient (Wildman–Crippen LogP) is 4.12. The van der Waals surface area contributed by atoms with Crippen LogP contribution in [0.25, 0.3) is 10.9 Å². The van der Waals surface area contributed by atoms with E-state index in [2.05, 4.69) is 33.5 Å². The summed E-state index contributed by atoms with van der Waals surface area (Å²) in [7, 11) is 0. The zero-order chi connectivity index (χ0) is 18.5. The lowest BCUT2D eigenvalue weighted by Gasteiger charge is -2.10. The minimum atomic E-state index is -0.377. The van der Waals surface area contributed by atoms with Crippen LogP contribution < -0.4 is 10.6 Å². The fourth-order valence-corrected chi connectivity index (χ4v) is 2.57. The number of amides is 1. The lowest BCUT2D eigenvalue weighted by atomic mass is 10.1. The Balaban J connectivity index is 1.97. The molecule has 26 heavy (non-hydrogen) atoms. The van der Waals surface area contributed by atoms with Crippen molar-refractivity contribution in [3.63, 3.8) is 0 Å². The Morgan fingerprint density at radius 3 is 2.69 bits per heavy atom. The van der Waals surface area contributed by atoms with Gasteiger partial charge in [-0.05, 0) is 61.7 Å². The Bertz CT molecular complexity index is 1100. The van der Waals surface area contributed by atoms with Crippen molar-refractivity contribution >= 4 is 34.0 Å². The molecule has 3 aromatic rings. The molecule has 0 saturated heterocycles. The van der Waals surface area contributed by atoms with Crippen molar-refractivity contribution < 1.29 is 4.79 Å². The first-order chi connectivity index (χ1) is 12.6. The highest BCUT2D eigenvalue weighted by atomic mass is 16.1. The summed E-state index contributed by atoms with van der Waals surface area (Å²) in [5.74, 6) is 5.10. The van der Waals surface area contributed by atoms with Crippen LogP contribution in [-0.2, 0) is 4.79 Å². The van der Waals surface area contributed by atoms with E-state index in [1.807, 2.05) is 31.2 Å². The molecule has 0 fully saturated rings. The number of hydrogen-bond acceptors (Lipinski definition) is 4. The third-order valence-electron chi connectivity index (χ3n) is 3.71. The van der Waals surface area contributed by atoms with Gasteiger partial charge >= 0.3 is 0 Å². The highest BCUT2D eigenvalue weighted by molar-refractivity contribution is 6.04. The van der Waals surface area contributed by atoms with Gasteiger partial charge in [0.05, 0.1) is 11.1 Å². The van der Waals surface area contributed by atoms with Crippen molar-refractivity contribution in [2.24, 2.45) is 0 Å². The minimum Gasteiger partial charge on any atom is -0.339 e. The van der Waals surface area contributed by atoms with E-state index in [-0.39, 0.29) is 5.91 Å². The Kier molecular flexibility index (Phi) is 4.83. The van der Waals surface area contributed by atoms with E-state index in [0.717, 1.165) is 22.2 Å². The standard InChI is InChI=1S/C21H16N4O/c1-3-5-20(26)23-18-8-9-19-15(12-18)11-16(13-22)21(25-19)24-17-7-4-6-14(2)10-17/h4,6-12H,1-2H3,(H,23,26)(H,24,25). The average molecular weight is 340 g/mol. The molecular formula is C21H16N4O. The molecule has 5 nitrogen and oxygen atoms in total. The van der Waals surface area contributed by atoms with E-state index in [1.54, 1.807) is 31.2 Å². The summed E-state index contributed by atoms with van der Waals surface area (Å²) in [6, 6.07) is 17.1. The maximum Gasteiger partial charge on any atom is 0.300 e. The molecule has 0 aliphatic heterocycles. The first-order valence-electron chi connectivity index (χ1n) is 8.01. The van der Waals surface area contributed by atoms with Gasteiger partial charge in [0.1, 0.15) is 11.9 Å². The number of fused-ring (bicyclic) bond motifs is 1. The molecule has 1 aromatic heterocycles. The quantitative estimate of drug-likeness (QED) is 0.703. The van der Waals surface area contributed by atoms with Crippen LogP contribution in [0.1, 0.15) is 18.1 Å². The highest BCUT2D eigenvalue weighted by Gasteiger charge is 2.09. The van der Waals surface area contributed by atoms with E-state index >= 15 is 0 Å². The molecule has 0 saturated carbocycles. The lowest BCUT2D eigenvalue weighted by molar-refractivity contribution is -0.111. The first kappa shape index (κ1) is 17.0. The van der Waals surface area contributed by atoms with Crippen LogP contribution in [0.15, 0.2) is 48.5 Å². The number of benzene rings is 2. The molecule has 2 N–H and O–H groups in total. The largest absolute Gasteiger partial charge is 0.339 e. The minimum absolute atomic E-state index is 0.377. The Morgan fingerprint density at radius 1 is 1.12 bits per heavy atom. The molecule has 0 aliphatic carbocycles. The van der Waals surface area contributed by atoms with Crippen molar-refractivity contribution in [1.82, 2.24) is 4.98 Å². The SMILES string of the molecule is CC#CC(=O)Nc1ccc2nc(Nc3cccc(C)c3)c(C#N)cc2c1. The van der Waals surface area contributed by atoms with Gasteiger partial charge in [0.15, 0.2) is 0 Å². The fourth-order valence-electron chi connectivity index (χ4n) is 2.57. The van der Waals surface area contributed by atoms with Crippen LogP contribution in [0.3, 0.4) is 0 Å². The van der Waals surface area contributed by atoms with Gasteiger partial charge < -0.3 is 10.6 Å². The summed E-state index contributed by atoms with van der Waals surface area (Å²) in [6.07, 6.45) is 0. The van der Waals surface area contributed by atoms with Crippen molar-refractivity contribution in [1.29, 1.82) is 5.26 Å². The number of nitrogens with zero attached hydrogens (tertiary/aromatic N) is 2. The number of aryl methyl sites for hydroxylation is 1. The summed E-state index contributed by atoms with van der Waals surface area (Å²) in [6.45, 7) is 3.61. The molecule has 1 amide bonds. The first-order valence-corrected chi connectivity index (χ1v) is 8.01. The summed E-state index contributed by atoms with van der Waals surface area (Å²) in [5.41, 5.74) is 3.74. The molecule has 1 heterocycles. The number of rotatable bonds is 3. The number of carbonyl (C=O) groups excluding carboxylic acids is 1. The molecule has 0 radical (unpaired) electrons. The van der Waals surface area contributed by atoms with Crippen LogP contribution in [0.2, 0.25) is 0 Å². The molecule has 0 spiro atoms. The topological polar surface area (TPSA) is 77.8 Å². The predicted molar refractivity (Wildman–Crippen MR) is 103 cm³/mol. The average Bonchev–Trinajstić information content (AvgIpc) is 2.61. The summed E-state index contributed by atoms with van der Waals surface area (Å²) in [4.78, 5) is 16.1. The smallest absolute Gasteiger partial charge is 0.300 e. The van der Waals surface area contributed by atoms with E-state index in [0.29, 0.717) is 17.1 Å². The maximum absolute atomic E-state index is 11.6. The second-order valence-electron chi connectivity index (χ2n) is 5.73. The molecule has 2 aromatic carbocycles. The zero-order valence-electron chi connectivity index (χ0n) is 14.4. The van der Waals surface area contributed by atoms with Gasteiger partial charge in [-0.15, -0.1) is 0 Å². The second-order valence-corrected chi connectivity index (χ2v) is 5.73. The number of nitrogens with one attached hydrogen (secondary N) is 2. The number of pyridine rings is 1. The van der Waals surface area contributed by atoms with Crippen LogP contribution >= 0.6 is 0 Å². The highest BCUT2D eigenvalue weighted by Crippen LogP contribution is 2.25. The van der Waals surface area contributed by atoms with Gasteiger partial charge in [0, 0.05) is 16.8 Å². The van der Waals surface area contributed by atoms with Crippen LogP contribution in [0.5, 0.6) is 0 Å². The van der Waals surface area contributed by atoms with Gasteiger partial charge in [0.25, 0.3) is 5.91 Å². The Labute approximate surface area is 151 Å². The van der Waals surface area contributed by atoms with Crippen molar-refractivity contribution in [2.75, 3.05) is 10.6 Å². The fraction of sp³-hybridized carbons (Fsp3) is 0.0952. The lowest BCUT2D eigenvalue weighted by Crippen LogP contribution is -2.08. The van der Waals surface area contributed by atoms with Crippen LogP contribution in [0.4, 0.5) is 17.2 Å².